The molecule has 1 saturated carbocycles. The third-order valence-corrected chi connectivity index (χ3v) is 3.36. The maximum absolute atomic E-state index is 11.3. The molecule has 1 heterocycles. The largest absolute Gasteiger partial charge is 0.473 e. The van der Waals surface area contributed by atoms with Gasteiger partial charge in [0.25, 0.3) is 0 Å². The fourth-order valence-corrected chi connectivity index (χ4v) is 2.51. The first kappa shape index (κ1) is 20.3. The Morgan fingerprint density at radius 1 is 1.17 bits per heavy atom. The molecule has 2 fully saturated rings. The van der Waals surface area contributed by atoms with E-state index < -0.39 is 17.7 Å². The first-order valence-corrected chi connectivity index (χ1v) is 7.42. The minimum absolute atomic E-state index is 0.0712. The molecule has 1 aliphatic heterocycles. The lowest BCUT2D eigenvalue weighted by Crippen LogP contribution is -2.35. The molecule has 0 amide bonds. The van der Waals surface area contributed by atoms with Gasteiger partial charge in [-0.05, 0) is 27.2 Å². The SMILES string of the molecule is CCOC(=O)COC1CC(N)C2OC(C)(C)OC12.O=C(O)C(=O)O. The minimum Gasteiger partial charge on any atom is -0.473 e. The number of fused-ring (bicyclic) bond motifs is 1. The molecular formula is C14H23NO9. The molecule has 0 spiro atoms. The van der Waals surface area contributed by atoms with Crippen LogP contribution in [0.1, 0.15) is 27.2 Å². The van der Waals surface area contributed by atoms with Crippen LogP contribution in [0.25, 0.3) is 0 Å². The Balaban J connectivity index is 0.000000413. The summed E-state index contributed by atoms with van der Waals surface area (Å²) in [6.07, 6.45) is 0.0537. The highest BCUT2D eigenvalue weighted by molar-refractivity contribution is 6.27. The van der Waals surface area contributed by atoms with Crippen LogP contribution in [-0.4, -0.2) is 71.5 Å². The van der Waals surface area contributed by atoms with Gasteiger partial charge in [0.05, 0.1) is 12.7 Å². The fourth-order valence-electron chi connectivity index (χ4n) is 2.51. The lowest BCUT2D eigenvalue weighted by molar-refractivity contribution is -0.172. The Hall–Kier alpha value is -1.75. The van der Waals surface area contributed by atoms with Crippen LogP contribution >= 0.6 is 0 Å². The van der Waals surface area contributed by atoms with Gasteiger partial charge in [0.15, 0.2) is 5.79 Å². The predicted molar refractivity (Wildman–Crippen MR) is 78.1 cm³/mol. The van der Waals surface area contributed by atoms with Crippen LogP contribution < -0.4 is 5.73 Å². The molecule has 4 N–H and O–H groups in total. The van der Waals surface area contributed by atoms with Crippen molar-refractivity contribution in [3.8, 4) is 0 Å². The number of carboxylic acids is 2. The molecule has 2 aliphatic rings. The van der Waals surface area contributed by atoms with E-state index in [-0.39, 0.29) is 36.9 Å². The van der Waals surface area contributed by atoms with Crippen LogP contribution in [-0.2, 0) is 33.3 Å². The monoisotopic (exact) mass is 349 g/mol. The van der Waals surface area contributed by atoms with E-state index in [0.29, 0.717) is 13.0 Å². The Bertz CT molecular complexity index is 467. The average molecular weight is 349 g/mol. The van der Waals surface area contributed by atoms with Crippen LogP contribution in [0.2, 0.25) is 0 Å². The van der Waals surface area contributed by atoms with Crippen molar-refractivity contribution in [2.24, 2.45) is 5.73 Å². The van der Waals surface area contributed by atoms with Gasteiger partial charge in [-0.15, -0.1) is 0 Å². The number of rotatable bonds is 4. The maximum atomic E-state index is 11.3. The van der Waals surface area contributed by atoms with Gasteiger partial charge in [-0.1, -0.05) is 0 Å². The third kappa shape index (κ3) is 5.71. The molecule has 0 aromatic heterocycles. The number of esters is 1. The normalized spacial score (nSPS) is 30.0. The van der Waals surface area contributed by atoms with E-state index in [0.717, 1.165) is 0 Å². The molecule has 1 aliphatic carbocycles. The summed E-state index contributed by atoms with van der Waals surface area (Å²) in [5.41, 5.74) is 6.00. The first-order chi connectivity index (χ1) is 11.1. The topological polar surface area (TPSA) is 155 Å². The van der Waals surface area contributed by atoms with Crippen molar-refractivity contribution in [1.29, 1.82) is 0 Å². The van der Waals surface area contributed by atoms with Gasteiger partial charge in [-0.3, -0.25) is 0 Å². The molecule has 0 aromatic rings. The van der Waals surface area contributed by atoms with Crippen LogP contribution in [0.3, 0.4) is 0 Å². The summed E-state index contributed by atoms with van der Waals surface area (Å²) in [5.74, 6) is -4.66. The summed E-state index contributed by atoms with van der Waals surface area (Å²) in [4.78, 5) is 29.4. The van der Waals surface area contributed by atoms with E-state index in [1.807, 2.05) is 13.8 Å². The highest BCUT2D eigenvalue weighted by Crippen LogP contribution is 2.38. The Morgan fingerprint density at radius 3 is 2.21 bits per heavy atom. The second-order valence-corrected chi connectivity index (χ2v) is 5.73. The smallest absolute Gasteiger partial charge is 0.414 e. The number of hydrogen-bond acceptors (Lipinski definition) is 8. The molecule has 4 unspecified atom stereocenters. The molecule has 138 valence electrons. The van der Waals surface area contributed by atoms with Crippen molar-refractivity contribution >= 4 is 17.9 Å². The van der Waals surface area contributed by atoms with Gasteiger partial charge < -0.3 is 34.9 Å². The Labute approximate surface area is 138 Å². The maximum Gasteiger partial charge on any atom is 0.414 e. The zero-order valence-corrected chi connectivity index (χ0v) is 13.8. The number of hydrogen-bond donors (Lipinski definition) is 3. The van der Waals surface area contributed by atoms with E-state index in [9.17, 15) is 4.79 Å². The molecular weight excluding hydrogens is 326 g/mol. The lowest BCUT2D eigenvalue weighted by atomic mass is 10.2. The van der Waals surface area contributed by atoms with Gasteiger partial charge in [0.2, 0.25) is 0 Å². The zero-order valence-electron chi connectivity index (χ0n) is 13.8. The van der Waals surface area contributed by atoms with Crippen molar-refractivity contribution in [2.45, 2.75) is 57.3 Å². The van der Waals surface area contributed by atoms with Crippen molar-refractivity contribution in [3.05, 3.63) is 0 Å². The van der Waals surface area contributed by atoms with Gasteiger partial charge in [-0.25, -0.2) is 14.4 Å². The van der Waals surface area contributed by atoms with Crippen LogP contribution in [0.5, 0.6) is 0 Å². The number of carbonyl (C=O) groups excluding carboxylic acids is 1. The number of carbonyl (C=O) groups is 3. The molecule has 0 bridgehead atoms. The predicted octanol–water partition coefficient (Wildman–Crippen LogP) is -0.659. The molecule has 1 saturated heterocycles. The molecule has 2 rings (SSSR count). The second-order valence-electron chi connectivity index (χ2n) is 5.73. The van der Waals surface area contributed by atoms with E-state index in [1.54, 1.807) is 6.92 Å². The van der Waals surface area contributed by atoms with E-state index in [1.165, 1.54) is 0 Å². The zero-order chi connectivity index (χ0) is 18.5. The lowest BCUT2D eigenvalue weighted by Gasteiger charge is -2.22. The van der Waals surface area contributed by atoms with Crippen LogP contribution in [0.15, 0.2) is 0 Å². The summed E-state index contributed by atoms with van der Waals surface area (Å²) in [6.45, 7) is 5.74. The fraction of sp³-hybridized carbons (Fsp3) is 0.786. The average Bonchev–Trinajstić information content (AvgIpc) is 2.92. The summed E-state index contributed by atoms with van der Waals surface area (Å²) in [6, 6.07) is -0.121. The molecule has 0 radical (unpaired) electrons. The number of nitrogens with two attached hydrogens (primary N) is 1. The minimum atomic E-state index is -1.82. The van der Waals surface area contributed by atoms with E-state index in [2.05, 4.69) is 0 Å². The quantitative estimate of drug-likeness (QED) is 0.440. The summed E-state index contributed by atoms with van der Waals surface area (Å²) in [7, 11) is 0. The first-order valence-electron chi connectivity index (χ1n) is 7.42. The van der Waals surface area contributed by atoms with Gasteiger partial charge in [0, 0.05) is 6.04 Å². The van der Waals surface area contributed by atoms with Crippen LogP contribution in [0.4, 0.5) is 0 Å². The summed E-state index contributed by atoms with van der Waals surface area (Å²) < 4.78 is 21.8. The van der Waals surface area contributed by atoms with E-state index >= 15 is 0 Å². The van der Waals surface area contributed by atoms with Crippen molar-refractivity contribution in [1.82, 2.24) is 0 Å². The summed E-state index contributed by atoms with van der Waals surface area (Å²) in [5, 5.41) is 14.8. The Kier molecular flexibility index (Phi) is 7.08. The van der Waals surface area contributed by atoms with E-state index in [4.69, 9.17) is 44.5 Å². The molecule has 0 aromatic carbocycles. The van der Waals surface area contributed by atoms with Gasteiger partial charge in [0.1, 0.15) is 18.8 Å². The molecule has 4 atom stereocenters. The highest BCUT2D eigenvalue weighted by Gasteiger charge is 2.53. The molecule has 24 heavy (non-hydrogen) atoms. The molecule has 10 heteroatoms. The number of carboxylic acid groups (broad SMARTS) is 2. The van der Waals surface area contributed by atoms with Crippen molar-refractivity contribution in [2.75, 3.05) is 13.2 Å². The van der Waals surface area contributed by atoms with Crippen LogP contribution in [0, 0.1) is 0 Å². The van der Waals surface area contributed by atoms with Gasteiger partial charge >= 0.3 is 17.9 Å². The number of ether oxygens (including phenoxy) is 4. The highest BCUT2D eigenvalue weighted by atomic mass is 16.8. The third-order valence-electron chi connectivity index (χ3n) is 3.36. The van der Waals surface area contributed by atoms with Crippen molar-refractivity contribution in [3.63, 3.8) is 0 Å². The van der Waals surface area contributed by atoms with Crippen molar-refractivity contribution < 1.29 is 43.5 Å². The number of aliphatic carboxylic acids is 2. The second kappa shape index (κ2) is 8.38. The van der Waals surface area contributed by atoms with Gasteiger partial charge in [-0.2, -0.15) is 0 Å². The standard InChI is InChI=1S/C12H21NO5.C2H2O4/c1-4-15-9(14)6-16-8-5-7(13)10-11(8)18-12(2,3)17-10;3-1(4)2(5)6/h7-8,10-11H,4-6,13H2,1-3H3;(H,3,4)(H,5,6). The Morgan fingerprint density at radius 2 is 1.71 bits per heavy atom. The summed E-state index contributed by atoms with van der Waals surface area (Å²) >= 11 is 0. The molecule has 10 nitrogen and oxygen atoms in total.